The number of benzene rings is 2. The van der Waals surface area contributed by atoms with Crippen LogP contribution in [0.25, 0.3) is 10.2 Å². The molecule has 0 unspecified atom stereocenters. The lowest BCUT2D eigenvalue weighted by molar-refractivity contribution is -0.114. The number of hydrogen-bond acceptors (Lipinski definition) is 4. The normalized spacial score (nSPS) is 10.4. The third-order valence-electron chi connectivity index (χ3n) is 2.96. The van der Waals surface area contributed by atoms with Gasteiger partial charge in [-0.3, -0.25) is 9.59 Å². The summed E-state index contributed by atoms with van der Waals surface area (Å²) in [7, 11) is 0. The fourth-order valence-corrected chi connectivity index (χ4v) is 2.89. The molecule has 0 spiro atoms. The molecule has 3 rings (SSSR count). The zero-order valence-corrected chi connectivity index (χ0v) is 12.6. The van der Waals surface area contributed by atoms with Gasteiger partial charge in [0, 0.05) is 18.2 Å². The highest BCUT2D eigenvalue weighted by Gasteiger charge is 2.08. The Morgan fingerprint density at radius 2 is 1.82 bits per heavy atom. The summed E-state index contributed by atoms with van der Waals surface area (Å²) in [5.41, 5.74) is 2.00. The number of fused-ring (bicyclic) bond motifs is 1. The van der Waals surface area contributed by atoms with Gasteiger partial charge < -0.3 is 10.6 Å². The van der Waals surface area contributed by atoms with Crippen LogP contribution in [0.3, 0.4) is 0 Å². The standard InChI is InChI=1S/C16H13N3O2S/c1-10(20)17-16-19-13-9-12(7-8-14(13)22-16)18-15(21)11-5-3-2-4-6-11/h2-9H,1H3,(H,18,21)(H,17,19,20). The number of amides is 2. The highest BCUT2D eigenvalue weighted by atomic mass is 32.1. The third kappa shape index (κ3) is 3.12. The average molecular weight is 311 g/mol. The summed E-state index contributed by atoms with van der Waals surface area (Å²) in [4.78, 5) is 27.5. The molecule has 1 aromatic heterocycles. The van der Waals surface area contributed by atoms with E-state index in [1.807, 2.05) is 30.3 Å². The van der Waals surface area contributed by atoms with Crippen LogP contribution < -0.4 is 10.6 Å². The first kappa shape index (κ1) is 14.2. The molecule has 22 heavy (non-hydrogen) atoms. The van der Waals surface area contributed by atoms with E-state index in [1.54, 1.807) is 18.2 Å². The lowest BCUT2D eigenvalue weighted by atomic mass is 10.2. The molecular weight excluding hydrogens is 298 g/mol. The predicted octanol–water partition coefficient (Wildman–Crippen LogP) is 3.51. The summed E-state index contributed by atoms with van der Waals surface area (Å²) in [5, 5.41) is 6.05. The molecule has 5 nitrogen and oxygen atoms in total. The number of nitrogens with one attached hydrogen (secondary N) is 2. The molecule has 0 atom stereocenters. The third-order valence-corrected chi connectivity index (χ3v) is 3.92. The van der Waals surface area contributed by atoms with E-state index < -0.39 is 0 Å². The number of carbonyl (C=O) groups excluding carboxylic acids is 2. The molecule has 2 N–H and O–H groups in total. The molecule has 0 aliphatic rings. The molecule has 0 bridgehead atoms. The Hall–Kier alpha value is -2.73. The number of hydrogen-bond donors (Lipinski definition) is 2. The van der Waals surface area contributed by atoms with Crippen molar-refractivity contribution in [3.63, 3.8) is 0 Å². The highest BCUT2D eigenvalue weighted by Crippen LogP contribution is 2.28. The maximum atomic E-state index is 12.1. The topological polar surface area (TPSA) is 71.1 Å². The number of rotatable bonds is 3. The van der Waals surface area contributed by atoms with Crippen molar-refractivity contribution in [3.8, 4) is 0 Å². The lowest BCUT2D eigenvalue weighted by Crippen LogP contribution is -2.11. The summed E-state index contributed by atoms with van der Waals surface area (Å²) in [6.07, 6.45) is 0. The molecule has 0 saturated carbocycles. The second-order valence-electron chi connectivity index (χ2n) is 4.70. The van der Waals surface area contributed by atoms with Crippen molar-refractivity contribution in [2.24, 2.45) is 0 Å². The van der Waals surface area contributed by atoms with Gasteiger partial charge in [0.2, 0.25) is 5.91 Å². The van der Waals surface area contributed by atoms with Crippen LogP contribution >= 0.6 is 11.3 Å². The number of carbonyl (C=O) groups is 2. The van der Waals surface area contributed by atoms with Gasteiger partial charge in [-0.05, 0) is 30.3 Å². The smallest absolute Gasteiger partial charge is 0.255 e. The van der Waals surface area contributed by atoms with E-state index in [9.17, 15) is 9.59 Å². The lowest BCUT2D eigenvalue weighted by Gasteiger charge is -2.04. The molecule has 2 amide bonds. The van der Waals surface area contributed by atoms with Gasteiger partial charge in [0.1, 0.15) is 0 Å². The summed E-state index contributed by atoms with van der Waals surface area (Å²) >= 11 is 1.39. The minimum Gasteiger partial charge on any atom is -0.322 e. The van der Waals surface area contributed by atoms with E-state index in [0.717, 1.165) is 10.2 Å². The molecule has 0 radical (unpaired) electrons. The summed E-state index contributed by atoms with van der Waals surface area (Å²) in [6.45, 7) is 1.44. The van der Waals surface area contributed by atoms with Gasteiger partial charge in [0.25, 0.3) is 5.91 Å². The second-order valence-corrected chi connectivity index (χ2v) is 5.73. The van der Waals surface area contributed by atoms with Gasteiger partial charge >= 0.3 is 0 Å². The minimum atomic E-state index is -0.169. The van der Waals surface area contributed by atoms with Gasteiger partial charge in [-0.1, -0.05) is 29.5 Å². The van der Waals surface area contributed by atoms with Gasteiger partial charge in [-0.25, -0.2) is 4.98 Å². The molecule has 6 heteroatoms. The van der Waals surface area contributed by atoms with Crippen LogP contribution in [0.4, 0.5) is 10.8 Å². The molecule has 1 heterocycles. The van der Waals surface area contributed by atoms with E-state index in [2.05, 4.69) is 15.6 Å². The summed E-state index contributed by atoms with van der Waals surface area (Å²) in [6, 6.07) is 14.5. The van der Waals surface area contributed by atoms with Crippen LogP contribution in [0.1, 0.15) is 17.3 Å². The van der Waals surface area contributed by atoms with Crippen molar-refractivity contribution in [1.82, 2.24) is 4.98 Å². The predicted molar refractivity (Wildman–Crippen MR) is 88.3 cm³/mol. The zero-order chi connectivity index (χ0) is 15.5. The Morgan fingerprint density at radius 3 is 2.55 bits per heavy atom. The Labute approximate surface area is 131 Å². The Balaban J connectivity index is 1.82. The highest BCUT2D eigenvalue weighted by molar-refractivity contribution is 7.22. The largest absolute Gasteiger partial charge is 0.322 e. The monoisotopic (exact) mass is 311 g/mol. The first-order chi connectivity index (χ1) is 10.6. The number of aromatic nitrogens is 1. The number of nitrogens with zero attached hydrogens (tertiary/aromatic N) is 1. The first-order valence-electron chi connectivity index (χ1n) is 6.66. The van der Waals surface area contributed by atoms with E-state index in [-0.39, 0.29) is 11.8 Å². The number of anilines is 2. The van der Waals surface area contributed by atoms with E-state index in [0.29, 0.717) is 16.4 Å². The van der Waals surface area contributed by atoms with Crippen LogP contribution in [-0.2, 0) is 4.79 Å². The average Bonchev–Trinajstić information content (AvgIpc) is 2.88. The molecular formula is C16H13N3O2S. The Morgan fingerprint density at radius 1 is 1.05 bits per heavy atom. The molecule has 2 aromatic carbocycles. The summed E-state index contributed by atoms with van der Waals surface area (Å²) < 4.78 is 0.946. The van der Waals surface area contributed by atoms with Gasteiger partial charge in [0.15, 0.2) is 5.13 Å². The van der Waals surface area contributed by atoms with Crippen LogP contribution in [-0.4, -0.2) is 16.8 Å². The molecule has 0 aliphatic heterocycles. The van der Waals surface area contributed by atoms with Crippen molar-refractivity contribution in [3.05, 3.63) is 54.1 Å². The molecule has 0 saturated heterocycles. The van der Waals surface area contributed by atoms with Crippen LogP contribution in [0.2, 0.25) is 0 Å². The van der Waals surface area contributed by atoms with Gasteiger partial charge in [-0.15, -0.1) is 0 Å². The van der Waals surface area contributed by atoms with E-state index >= 15 is 0 Å². The van der Waals surface area contributed by atoms with E-state index in [4.69, 9.17) is 0 Å². The van der Waals surface area contributed by atoms with Crippen molar-refractivity contribution in [1.29, 1.82) is 0 Å². The Bertz CT molecular complexity index is 843. The summed E-state index contributed by atoms with van der Waals surface area (Å²) in [5.74, 6) is -0.325. The van der Waals surface area contributed by atoms with Gasteiger partial charge in [-0.2, -0.15) is 0 Å². The second kappa shape index (κ2) is 5.95. The maximum Gasteiger partial charge on any atom is 0.255 e. The Kier molecular flexibility index (Phi) is 3.84. The zero-order valence-electron chi connectivity index (χ0n) is 11.8. The molecule has 0 fully saturated rings. The molecule has 3 aromatic rings. The van der Waals surface area contributed by atoms with Crippen LogP contribution in [0.5, 0.6) is 0 Å². The maximum absolute atomic E-state index is 12.1. The van der Waals surface area contributed by atoms with Crippen molar-refractivity contribution in [2.75, 3.05) is 10.6 Å². The van der Waals surface area contributed by atoms with Crippen molar-refractivity contribution in [2.45, 2.75) is 6.92 Å². The molecule has 0 aliphatic carbocycles. The van der Waals surface area contributed by atoms with Crippen molar-refractivity contribution < 1.29 is 9.59 Å². The van der Waals surface area contributed by atoms with E-state index in [1.165, 1.54) is 18.3 Å². The quantitative estimate of drug-likeness (QED) is 0.777. The minimum absolute atomic E-state index is 0.156. The fraction of sp³-hybridized carbons (Fsp3) is 0.0625. The van der Waals surface area contributed by atoms with Gasteiger partial charge in [0.05, 0.1) is 10.2 Å². The van der Waals surface area contributed by atoms with Crippen molar-refractivity contribution >= 4 is 44.2 Å². The number of thiazole rings is 1. The molecule has 110 valence electrons. The van der Waals surface area contributed by atoms with Crippen LogP contribution in [0.15, 0.2) is 48.5 Å². The first-order valence-corrected chi connectivity index (χ1v) is 7.48. The fourth-order valence-electron chi connectivity index (χ4n) is 2.00. The SMILES string of the molecule is CC(=O)Nc1nc2cc(NC(=O)c3ccccc3)ccc2s1. The van der Waals surface area contributed by atoms with Crippen LogP contribution in [0, 0.1) is 0 Å².